The average molecular weight is 469 g/mol. The van der Waals surface area contributed by atoms with E-state index in [4.69, 9.17) is 21.4 Å². The van der Waals surface area contributed by atoms with Crippen LogP contribution in [0.2, 0.25) is 5.02 Å². The Bertz CT molecular complexity index is 1170. The van der Waals surface area contributed by atoms with Gasteiger partial charge in [-0.2, -0.15) is 13.2 Å². The van der Waals surface area contributed by atoms with Crippen molar-refractivity contribution in [2.75, 3.05) is 20.3 Å². The number of amides is 1. The van der Waals surface area contributed by atoms with Gasteiger partial charge in [0.1, 0.15) is 5.75 Å². The lowest BCUT2D eigenvalue weighted by molar-refractivity contribution is -0.137. The number of hydrogen-bond donors (Lipinski definition) is 2. The van der Waals surface area contributed by atoms with Crippen LogP contribution in [0.4, 0.5) is 13.2 Å². The van der Waals surface area contributed by atoms with Gasteiger partial charge < -0.3 is 15.2 Å². The minimum atomic E-state index is -4.52. The van der Waals surface area contributed by atoms with E-state index >= 15 is 0 Å². The minimum Gasteiger partial charge on any atom is -0.495 e. The molecule has 10 heteroatoms. The molecule has 2 aromatic carbocycles. The molecule has 2 N–H and O–H groups in total. The molecule has 0 atom stereocenters. The van der Waals surface area contributed by atoms with Crippen LogP contribution in [0.5, 0.6) is 5.75 Å². The highest BCUT2D eigenvalue weighted by Gasteiger charge is 2.30. The smallest absolute Gasteiger partial charge is 0.416 e. The molecule has 1 aromatic heterocycles. The number of aliphatic hydroxyl groups is 1. The molecular formula is C22H20ClF3N2O4. The third-order valence-corrected chi connectivity index (χ3v) is 5.34. The topological polar surface area (TPSA) is 80.6 Å². The molecule has 0 bridgehead atoms. The molecule has 0 aliphatic carbocycles. The van der Waals surface area contributed by atoms with E-state index in [2.05, 4.69) is 5.32 Å². The summed E-state index contributed by atoms with van der Waals surface area (Å²) in [4.78, 5) is 25.5. The van der Waals surface area contributed by atoms with Crippen molar-refractivity contribution < 1.29 is 32.6 Å². The predicted octanol–water partition coefficient (Wildman–Crippen LogP) is 3.97. The minimum absolute atomic E-state index is 0.0428. The normalized spacial score (nSPS) is 11.6. The first-order valence-electron chi connectivity index (χ1n) is 9.55. The molecule has 1 amide bonds. The van der Waals surface area contributed by atoms with Gasteiger partial charge >= 0.3 is 6.18 Å². The molecular weight excluding hydrogens is 449 g/mol. The van der Waals surface area contributed by atoms with Gasteiger partial charge in [-0.3, -0.25) is 14.2 Å². The Morgan fingerprint density at radius 1 is 1.19 bits per heavy atom. The van der Waals surface area contributed by atoms with E-state index < -0.39 is 17.6 Å². The van der Waals surface area contributed by atoms with Crippen LogP contribution >= 0.6 is 11.6 Å². The van der Waals surface area contributed by atoms with Gasteiger partial charge in [0.15, 0.2) is 0 Å². The van der Waals surface area contributed by atoms with Crippen molar-refractivity contribution >= 4 is 34.3 Å². The summed E-state index contributed by atoms with van der Waals surface area (Å²) in [6, 6.07) is 7.01. The monoisotopic (exact) mass is 468 g/mol. The number of halogens is 4. The van der Waals surface area contributed by atoms with Gasteiger partial charge in [0.25, 0.3) is 5.91 Å². The standard InChI is InChI=1S/C22H20ClF3N2O4/c1-12-15(10-20(30)27-7-8-29)16-9-19(32-2)17(23)11-18(16)28(12)21(31)13-3-5-14(6-4-13)22(24,25)26/h3-6,9,11,29H,7-8,10H2,1-2H3,(H,27,30). The largest absolute Gasteiger partial charge is 0.495 e. The molecule has 170 valence electrons. The van der Waals surface area contributed by atoms with Crippen molar-refractivity contribution in [3.63, 3.8) is 0 Å². The molecule has 32 heavy (non-hydrogen) atoms. The van der Waals surface area contributed by atoms with Crippen LogP contribution in [0.25, 0.3) is 10.9 Å². The van der Waals surface area contributed by atoms with Crippen molar-refractivity contribution in [3.8, 4) is 5.75 Å². The van der Waals surface area contributed by atoms with Crippen LogP contribution in [0, 0.1) is 6.92 Å². The zero-order chi connectivity index (χ0) is 23.6. The van der Waals surface area contributed by atoms with E-state index in [0.29, 0.717) is 27.9 Å². The first-order valence-corrected chi connectivity index (χ1v) is 9.93. The summed E-state index contributed by atoms with van der Waals surface area (Å²) >= 11 is 6.25. The first-order chi connectivity index (χ1) is 15.1. The van der Waals surface area contributed by atoms with Crippen LogP contribution < -0.4 is 10.1 Å². The fourth-order valence-electron chi connectivity index (χ4n) is 3.47. The molecule has 1 heterocycles. The van der Waals surface area contributed by atoms with Crippen LogP contribution in [0.3, 0.4) is 0 Å². The fraction of sp³-hybridized carbons (Fsp3) is 0.273. The van der Waals surface area contributed by atoms with Crippen molar-refractivity contribution in [2.24, 2.45) is 0 Å². The van der Waals surface area contributed by atoms with E-state index in [9.17, 15) is 22.8 Å². The van der Waals surface area contributed by atoms with Crippen molar-refractivity contribution in [1.82, 2.24) is 9.88 Å². The lowest BCUT2D eigenvalue weighted by Gasteiger charge is -2.10. The highest BCUT2D eigenvalue weighted by atomic mass is 35.5. The molecule has 0 aliphatic rings. The number of nitrogens with one attached hydrogen (secondary N) is 1. The summed E-state index contributed by atoms with van der Waals surface area (Å²) in [5.74, 6) is -0.586. The number of nitrogens with zero attached hydrogens (tertiary/aromatic N) is 1. The van der Waals surface area contributed by atoms with Crippen LogP contribution in [0.15, 0.2) is 36.4 Å². The Balaban J connectivity index is 2.13. The number of aromatic nitrogens is 1. The van der Waals surface area contributed by atoms with Crippen molar-refractivity contribution in [3.05, 3.63) is 63.8 Å². The van der Waals surface area contributed by atoms with Crippen LogP contribution in [-0.4, -0.2) is 41.7 Å². The number of methoxy groups -OCH3 is 1. The predicted molar refractivity (Wildman–Crippen MR) is 113 cm³/mol. The number of hydrogen-bond acceptors (Lipinski definition) is 4. The summed E-state index contributed by atoms with van der Waals surface area (Å²) in [5.41, 5.74) is 0.542. The Morgan fingerprint density at radius 3 is 2.41 bits per heavy atom. The molecule has 0 fully saturated rings. The number of carbonyl (C=O) groups excluding carboxylic acids is 2. The van der Waals surface area contributed by atoms with E-state index in [0.717, 1.165) is 24.3 Å². The number of carbonyl (C=O) groups is 2. The summed E-state index contributed by atoms with van der Waals surface area (Å²) in [7, 11) is 1.43. The Hall–Kier alpha value is -3.04. The van der Waals surface area contributed by atoms with Gasteiger partial charge in [0.2, 0.25) is 5.91 Å². The second-order valence-corrected chi connectivity index (χ2v) is 7.44. The van der Waals surface area contributed by atoms with Gasteiger partial charge in [-0.15, -0.1) is 0 Å². The first kappa shape index (κ1) is 23.6. The van der Waals surface area contributed by atoms with Crippen molar-refractivity contribution in [2.45, 2.75) is 19.5 Å². The molecule has 6 nitrogen and oxygen atoms in total. The lowest BCUT2D eigenvalue weighted by Crippen LogP contribution is -2.28. The molecule has 0 saturated heterocycles. The summed E-state index contributed by atoms with van der Waals surface area (Å²) < 4.78 is 45.2. The van der Waals surface area contributed by atoms with E-state index in [-0.39, 0.29) is 36.1 Å². The average Bonchev–Trinajstić information content (AvgIpc) is 3.00. The third kappa shape index (κ3) is 4.58. The molecule has 0 spiro atoms. The number of alkyl halides is 3. The van der Waals surface area contributed by atoms with Crippen LogP contribution in [-0.2, 0) is 17.4 Å². The number of fused-ring (bicyclic) bond motifs is 1. The van der Waals surface area contributed by atoms with Crippen LogP contribution in [0.1, 0.15) is 27.2 Å². The Kier molecular flexibility index (Phi) is 6.80. The SMILES string of the molecule is COc1cc2c(CC(=O)NCCO)c(C)n(C(=O)c3ccc(C(F)(F)F)cc3)c2cc1Cl. The number of aliphatic hydroxyl groups excluding tert-OH is 1. The van der Waals surface area contributed by atoms with E-state index in [1.54, 1.807) is 13.0 Å². The highest BCUT2D eigenvalue weighted by Crippen LogP contribution is 2.36. The second-order valence-electron chi connectivity index (χ2n) is 7.03. The summed E-state index contributed by atoms with van der Waals surface area (Å²) in [6.07, 6.45) is -4.60. The molecule has 0 unspecified atom stereocenters. The molecule has 0 radical (unpaired) electrons. The Morgan fingerprint density at radius 2 is 1.84 bits per heavy atom. The van der Waals surface area contributed by atoms with E-state index in [1.807, 2.05) is 0 Å². The van der Waals surface area contributed by atoms with Gasteiger partial charge in [0, 0.05) is 23.2 Å². The van der Waals surface area contributed by atoms with Gasteiger partial charge in [-0.1, -0.05) is 11.6 Å². The van der Waals surface area contributed by atoms with Gasteiger partial charge in [0.05, 0.1) is 36.2 Å². The van der Waals surface area contributed by atoms with Crippen molar-refractivity contribution in [1.29, 1.82) is 0 Å². The number of ether oxygens (including phenoxy) is 1. The Labute approximate surface area is 186 Å². The molecule has 3 aromatic rings. The molecule has 3 rings (SSSR count). The van der Waals surface area contributed by atoms with E-state index in [1.165, 1.54) is 17.7 Å². The fourth-order valence-corrected chi connectivity index (χ4v) is 3.71. The maximum Gasteiger partial charge on any atom is 0.416 e. The summed E-state index contributed by atoms with van der Waals surface area (Å²) in [5, 5.41) is 12.2. The zero-order valence-corrected chi connectivity index (χ0v) is 18.0. The zero-order valence-electron chi connectivity index (χ0n) is 17.2. The summed E-state index contributed by atoms with van der Waals surface area (Å²) in [6.45, 7) is 1.50. The quantitative estimate of drug-likeness (QED) is 0.573. The third-order valence-electron chi connectivity index (χ3n) is 5.04. The van der Waals surface area contributed by atoms with Gasteiger partial charge in [-0.05, 0) is 48.9 Å². The second kappa shape index (κ2) is 9.22. The maximum absolute atomic E-state index is 13.3. The highest BCUT2D eigenvalue weighted by molar-refractivity contribution is 6.33. The molecule has 0 aliphatic heterocycles. The number of rotatable bonds is 6. The number of benzene rings is 2. The molecule has 0 saturated carbocycles. The van der Waals surface area contributed by atoms with Gasteiger partial charge in [-0.25, -0.2) is 0 Å². The lowest BCUT2D eigenvalue weighted by atomic mass is 10.1. The maximum atomic E-state index is 13.3.